The predicted octanol–water partition coefficient (Wildman–Crippen LogP) is 1.88. The molecule has 0 aliphatic carbocycles. The third kappa shape index (κ3) is 3.57. The first kappa shape index (κ1) is 12.0. The van der Waals surface area contributed by atoms with E-state index in [0.29, 0.717) is 0 Å². The number of rotatable bonds is 5. The molecule has 4 nitrogen and oxygen atoms in total. The van der Waals surface area contributed by atoms with E-state index in [9.17, 15) is 9.59 Å². The highest BCUT2D eigenvalue weighted by Crippen LogP contribution is 2.08. The molecule has 0 aromatic heterocycles. The molecule has 2 N–H and O–H groups in total. The number of benzene rings is 1. The second-order valence-corrected chi connectivity index (χ2v) is 3.28. The van der Waals surface area contributed by atoms with Crippen molar-refractivity contribution in [2.24, 2.45) is 5.92 Å². The summed E-state index contributed by atoms with van der Waals surface area (Å²) in [6.07, 6.45) is 3.25. The molecule has 0 aliphatic rings. The molecule has 1 rings (SSSR count). The van der Waals surface area contributed by atoms with Crippen LogP contribution in [-0.4, -0.2) is 22.2 Å². The molecule has 84 valence electrons. The Morgan fingerprint density at radius 3 is 2.19 bits per heavy atom. The SMILES string of the molecule is O=C(O)C(C/C=C/c1ccccc1)C(=O)O. The maximum atomic E-state index is 10.6. The normalized spacial score (nSPS) is 10.8. The minimum absolute atomic E-state index is 0.0143. The summed E-state index contributed by atoms with van der Waals surface area (Å²) < 4.78 is 0. The fourth-order valence-electron chi connectivity index (χ4n) is 1.21. The highest BCUT2D eigenvalue weighted by atomic mass is 16.4. The minimum Gasteiger partial charge on any atom is -0.481 e. The van der Waals surface area contributed by atoms with E-state index in [4.69, 9.17) is 10.2 Å². The van der Waals surface area contributed by atoms with Crippen LogP contribution in [0.2, 0.25) is 0 Å². The lowest BCUT2D eigenvalue weighted by molar-refractivity contribution is -0.154. The standard InChI is InChI=1S/C12H12O4/c13-11(14)10(12(15)16)8-4-7-9-5-2-1-3-6-9/h1-7,10H,8H2,(H,13,14)(H,15,16)/b7-4+. The Kier molecular flexibility index (Phi) is 4.27. The van der Waals surface area contributed by atoms with Crippen molar-refractivity contribution in [1.82, 2.24) is 0 Å². The van der Waals surface area contributed by atoms with Crippen LogP contribution < -0.4 is 0 Å². The summed E-state index contributed by atoms with van der Waals surface area (Å²) in [7, 11) is 0. The lowest BCUT2D eigenvalue weighted by Gasteiger charge is -2.02. The zero-order valence-electron chi connectivity index (χ0n) is 8.54. The first-order chi connectivity index (χ1) is 7.61. The molecule has 0 heterocycles. The third-order valence-corrected chi connectivity index (χ3v) is 2.08. The number of hydrogen-bond acceptors (Lipinski definition) is 2. The first-order valence-corrected chi connectivity index (χ1v) is 4.78. The smallest absolute Gasteiger partial charge is 0.318 e. The molecule has 0 fully saturated rings. The Labute approximate surface area is 92.8 Å². The quantitative estimate of drug-likeness (QED) is 0.743. The maximum Gasteiger partial charge on any atom is 0.318 e. The summed E-state index contributed by atoms with van der Waals surface area (Å²) in [6.45, 7) is 0. The Balaban J connectivity index is 2.59. The molecular weight excluding hydrogens is 208 g/mol. The van der Waals surface area contributed by atoms with Crippen LogP contribution in [-0.2, 0) is 9.59 Å². The van der Waals surface area contributed by atoms with Crippen LogP contribution in [0.15, 0.2) is 36.4 Å². The van der Waals surface area contributed by atoms with Gasteiger partial charge in [0.2, 0.25) is 0 Å². The van der Waals surface area contributed by atoms with Crippen molar-refractivity contribution in [3.05, 3.63) is 42.0 Å². The molecule has 4 heteroatoms. The van der Waals surface area contributed by atoms with E-state index < -0.39 is 17.9 Å². The zero-order chi connectivity index (χ0) is 12.0. The molecule has 0 spiro atoms. The number of carbonyl (C=O) groups is 2. The van der Waals surface area contributed by atoms with Crippen LogP contribution in [0.4, 0.5) is 0 Å². The van der Waals surface area contributed by atoms with E-state index in [1.165, 1.54) is 0 Å². The van der Waals surface area contributed by atoms with Crippen molar-refractivity contribution in [3.8, 4) is 0 Å². The average Bonchev–Trinajstić information content (AvgIpc) is 2.24. The lowest BCUT2D eigenvalue weighted by Crippen LogP contribution is -2.22. The van der Waals surface area contributed by atoms with Crippen molar-refractivity contribution in [3.63, 3.8) is 0 Å². The number of aliphatic carboxylic acids is 2. The fourth-order valence-corrected chi connectivity index (χ4v) is 1.21. The van der Waals surface area contributed by atoms with Gasteiger partial charge in [0.15, 0.2) is 5.92 Å². The van der Waals surface area contributed by atoms with Gasteiger partial charge in [0.1, 0.15) is 0 Å². The van der Waals surface area contributed by atoms with Gasteiger partial charge in [-0.2, -0.15) is 0 Å². The van der Waals surface area contributed by atoms with Crippen molar-refractivity contribution in [2.75, 3.05) is 0 Å². The molecular formula is C12H12O4. The Hall–Kier alpha value is -2.10. The predicted molar refractivity (Wildman–Crippen MR) is 58.9 cm³/mol. The van der Waals surface area contributed by atoms with Crippen molar-refractivity contribution >= 4 is 18.0 Å². The van der Waals surface area contributed by atoms with E-state index in [-0.39, 0.29) is 6.42 Å². The maximum absolute atomic E-state index is 10.6. The van der Waals surface area contributed by atoms with Crippen molar-refractivity contribution in [1.29, 1.82) is 0 Å². The van der Waals surface area contributed by atoms with Gasteiger partial charge in [-0.3, -0.25) is 9.59 Å². The molecule has 0 saturated carbocycles. The highest BCUT2D eigenvalue weighted by molar-refractivity contribution is 5.93. The molecule has 1 aromatic rings. The summed E-state index contributed by atoms with van der Waals surface area (Å²) in [5.41, 5.74) is 0.914. The Bertz CT molecular complexity index is 381. The summed E-state index contributed by atoms with van der Waals surface area (Å²) in [4.78, 5) is 21.1. The first-order valence-electron chi connectivity index (χ1n) is 4.78. The van der Waals surface area contributed by atoms with Gasteiger partial charge in [0.05, 0.1) is 0 Å². The van der Waals surface area contributed by atoms with Crippen LogP contribution in [0.3, 0.4) is 0 Å². The van der Waals surface area contributed by atoms with Gasteiger partial charge in [-0.05, 0) is 12.0 Å². The summed E-state index contributed by atoms with van der Waals surface area (Å²) in [5, 5.41) is 17.3. The second-order valence-electron chi connectivity index (χ2n) is 3.28. The van der Waals surface area contributed by atoms with Crippen LogP contribution in [0.5, 0.6) is 0 Å². The minimum atomic E-state index is -1.38. The molecule has 1 aromatic carbocycles. The Morgan fingerprint density at radius 2 is 1.69 bits per heavy atom. The summed E-state index contributed by atoms with van der Waals surface area (Å²) in [6, 6.07) is 9.28. The van der Waals surface area contributed by atoms with Gasteiger partial charge in [-0.25, -0.2) is 0 Å². The summed E-state index contributed by atoms with van der Waals surface area (Å²) >= 11 is 0. The van der Waals surface area contributed by atoms with Crippen LogP contribution >= 0.6 is 0 Å². The van der Waals surface area contributed by atoms with Gasteiger partial charge in [0, 0.05) is 0 Å². The van der Waals surface area contributed by atoms with E-state index in [2.05, 4.69) is 0 Å². The van der Waals surface area contributed by atoms with E-state index in [1.54, 1.807) is 12.2 Å². The van der Waals surface area contributed by atoms with Crippen molar-refractivity contribution < 1.29 is 19.8 Å². The van der Waals surface area contributed by atoms with Gasteiger partial charge >= 0.3 is 11.9 Å². The monoisotopic (exact) mass is 220 g/mol. The van der Waals surface area contributed by atoms with Gasteiger partial charge in [0.25, 0.3) is 0 Å². The van der Waals surface area contributed by atoms with Crippen LogP contribution in [0.1, 0.15) is 12.0 Å². The van der Waals surface area contributed by atoms with Crippen LogP contribution in [0.25, 0.3) is 6.08 Å². The fraction of sp³-hybridized carbons (Fsp3) is 0.167. The van der Waals surface area contributed by atoms with Gasteiger partial charge in [-0.1, -0.05) is 42.5 Å². The largest absolute Gasteiger partial charge is 0.481 e. The molecule has 16 heavy (non-hydrogen) atoms. The van der Waals surface area contributed by atoms with Gasteiger partial charge in [-0.15, -0.1) is 0 Å². The van der Waals surface area contributed by atoms with E-state index >= 15 is 0 Å². The van der Waals surface area contributed by atoms with E-state index in [0.717, 1.165) is 5.56 Å². The summed E-state index contributed by atoms with van der Waals surface area (Å²) in [5.74, 6) is -4.00. The average molecular weight is 220 g/mol. The molecule has 0 radical (unpaired) electrons. The Morgan fingerprint density at radius 1 is 1.12 bits per heavy atom. The lowest BCUT2D eigenvalue weighted by atomic mass is 10.1. The van der Waals surface area contributed by atoms with Crippen LogP contribution in [0, 0.1) is 5.92 Å². The molecule has 0 amide bonds. The van der Waals surface area contributed by atoms with E-state index in [1.807, 2.05) is 30.3 Å². The second kappa shape index (κ2) is 5.70. The third-order valence-electron chi connectivity index (χ3n) is 2.08. The molecule has 0 bridgehead atoms. The number of allylic oxidation sites excluding steroid dienone is 1. The molecule has 0 aliphatic heterocycles. The van der Waals surface area contributed by atoms with Crippen molar-refractivity contribution in [2.45, 2.75) is 6.42 Å². The number of carboxylic acids is 2. The molecule has 0 atom stereocenters. The molecule has 0 unspecified atom stereocenters. The highest BCUT2D eigenvalue weighted by Gasteiger charge is 2.23. The number of carboxylic acid groups (broad SMARTS) is 2. The number of hydrogen-bond donors (Lipinski definition) is 2. The zero-order valence-corrected chi connectivity index (χ0v) is 8.54. The topological polar surface area (TPSA) is 74.6 Å². The van der Waals surface area contributed by atoms with Gasteiger partial charge < -0.3 is 10.2 Å². The molecule has 0 saturated heterocycles.